The van der Waals surface area contributed by atoms with Crippen molar-refractivity contribution in [1.82, 2.24) is 0 Å². The van der Waals surface area contributed by atoms with Gasteiger partial charge in [-0.1, -0.05) is 12.1 Å². The third kappa shape index (κ3) is 2.82. The third-order valence-corrected chi connectivity index (χ3v) is 3.57. The van der Waals surface area contributed by atoms with Crippen molar-refractivity contribution in [2.75, 3.05) is 0 Å². The van der Waals surface area contributed by atoms with Crippen molar-refractivity contribution in [2.24, 2.45) is 0 Å². The molecule has 1 N–H and O–H groups in total. The average Bonchev–Trinajstić information content (AvgIpc) is 2.28. The highest BCUT2D eigenvalue weighted by Gasteiger charge is 2.15. The van der Waals surface area contributed by atoms with Gasteiger partial charge in [0, 0.05) is 0 Å². The number of rotatable bonds is 4. The Kier molecular flexibility index (Phi) is 3.93. The maximum atomic E-state index is 11.0. The third-order valence-electron chi connectivity index (χ3n) is 1.91. The van der Waals surface area contributed by atoms with Gasteiger partial charge >= 0.3 is 10.1 Å². The molecule has 0 aliphatic heterocycles. The van der Waals surface area contributed by atoms with E-state index in [1.165, 1.54) is 24.3 Å². The van der Waals surface area contributed by atoms with Crippen LogP contribution in [0.2, 0.25) is 0 Å². The van der Waals surface area contributed by atoms with Crippen LogP contribution in [-0.2, 0) is 19.0 Å². The van der Waals surface area contributed by atoms with Crippen molar-refractivity contribution in [2.45, 2.75) is 17.5 Å². The van der Waals surface area contributed by atoms with Crippen LogP contribution in [0.5, 0.6) is 0 Å². The van der Waals surface area contributed by atoms with Gasteiger partial charge in [-0.3, -0.25) is 4.57 Å². The summed E-state index contributed by atoms with van der Waals surface area (Å²) in [7, 11) is -4.11. The van der Waals surface area contributed by atoms with Gasteiger partial charge in [0.25, 0.3) is 0 Å². The normalized spacial score (nSPS) is 14.0. The molecule has 0 saturated carbocycles. The van der Waals surface area contributed by atoms with Gasteiger partial charge in [0.15, 0.2) is 8.46 Å². The summed E-state index contributed by atoms with van der Waals surface area (Å²) in [6, 6.07) is 5.59. The summed E-state index contributed by atoms with van der Waals surface area (Å²) in [5, 5.41) is 8.13. The average molecular weight is 248 g/mol. The molecule has 0 radical (unpaired) electrons. The highest BCUT2D eigenvalue weighted by molar-refractivity contribution is 7.86. The molecule has 82 valence electrons. The van der Waals surface area contributed by atoms with Crippen LogP contribution in [0.3, 0.4) is 0 Å². The van der Waals surface area contributed by atoms with E-state index < -0.39 is 10.1 Å². The Bertz CT molecular complexity index is 439. The summed E-state index contributed by atoms with van der Waals surface area (Å²) in [6.45, 7) is 1.74. The highest BCUT2D eigenvalue weighted by atomic mass is 32.2. The number of hydrogen-bond donors (Lipinski definition) is 1. The van der Waals surface area contributed by atoms with Gasteiger partial charge in [-0.15, -0.1) is 4.33 Å². The number of benzene rings is 1. The van der Waals surface area contributed by atoms with Gasteiger partial charge in [0.05, 0.1) is 10.6 Å². The predicted molar refractivity (Wildman–Crippen MR) is 53.4 cm³/mol. The van der Waals surface area contributed by atoms with Crippen molar-refractivity contribution >= 4 is 18.6 Å². The summed E-state index contributed by atoms with van der Waals surface area (Å²) >= 11 is 0. The minimum Gasteiger partial charge on any atom is -0.274 e. The Morgan fingerprint density at radius 1 is 1.33 bits per heavy atom. The van der Waals surface area contributed by atoms with Gasteiger partial charge in [-0.2, -0.15) is 8.42 Å². The second-order valence-electron chi connectivity index (χ2n) is 2.88. The zero-order chi connectivity index (χ0) is 11.5. The smallest absolute Gasteiger partial charge is 0.274 e. The Hall–Kier alpha value is -0.810. The maximum absolute atomic E-state index is 11.0. The first kappa shape index (κ1) is 12.3. The first-order valence-corrected chi connectivity index (χ1v) is 6.30. The molecule has 0 aliphatic rings. The molecule has 0 spiro atoms. The minimum atomic E-state index is -4.07. The van der Waals surface area contributed by atoms with Crippen LogP contribution >= 0.6 is 8.46 Å². The molecular formula is C8H9O5PS. The fourth-order valence-electron chi connectivity index (χ4n) is 1.02. The highest BCUT2D eigenvalue weighted by Crippen LogP contribution is 2.26. The van der Waals surface area contributed by atoms with E-state index in [9.17, 15) is 13.0 Å². The lowest BCUT2D eigenvalue weighted by atomic mass is 10.2. The first-order valence-electron chi connectivity index (χ1n) is 4.01. The molecule has 0 saturated heterocycles. The van der Waals surface area contributed by atoms with E-state index in [1.54, 1.807) is 6.92 Å². The van der Waals surface area contributed by atoms with Crippen LogP contribution in [-0.4, -0.2) is 13.7 Å². The van der Waals surface area contributed by atoms with Crippen LogP contribution < -0.4 is 0 Å². The van der Waals surface area contributed by atoms with Gasteiger partial charge in [0.2, 0.25) is 0 Å². The van der Waals surface area contributed by atoms with Gasteiger partial charge in [-0.25, -0.2) is 5.26 Å². The lowest BCUT2D eigenvalue weighted by Gasteiger charge is -2.04. The molecule has 0 heterocycles. The second-order valence-corrected chi connectivity index (χ2v) is 5.39. The van der Waals surface area contributed by atoms with Crippen LogP contribution in [0.25, 0.3) is 0 Å². The Labute approximate surface area is 89.0 Å². The molecule has 0 aromatic heterocycles. The lowest BCUT2D eigenvalue weighted by Crippen LogP contribution is -2.03. The van der Waals surface area contributed by atoms with Crippen molar-refractivity contribution < 1.29 is 22.6 Å². The van der Waals surface area contributed by atoms with Crippen molar-refractivity contribution in [3.8, 4) is 0 Å². The molecule has 15 heavy (non-hydrogen) atoms. The van der Waals surface area contributed by atoms with E-state index in [-0.39, 0.29) is 19.0 Å². The van der Waals surface area contributed by atoms with Crippen molar-refractivity contribution in [3.05, 3.63) is 29.8 Å². The largest absolute Gasteiger partial charge is 0.323 e. The zero-order valence-corrected chi connectivity index (χ0v) is 9.53. The summed E-state index contributed by atoms with van der Waals surface area (Å²) in [6.07, 6.45) is 0. The maximum Gasteiger partial charge on any atom is 0.323 e. The monoisotopic (exact) mass is 248 g/mol. The molecule has 7 heteroatoms. The van der Waals surface area contributed by atoms with Crippen LogP contribution in [0.15, 0.2) is 29.2 Å². The Morgan fingerprint density at radius 3 is 2.27 bits per heavy atom. The van der Waals surface area contributed by atoms with Crippen LogP contribution in [0, 0.1) is 0 Å². The lowest BCUT2D eigenvalue weighted by molar-refractivity contribution is -0.130. The van der Waals surface area contributed by atoms with Gasteiger partial charge in [-0.05, 0) is 24.6 Å². The molecule has 5 nitrogen and oxygen atoms in total. The van der Waals surface area contributed by atoms with E-state index >= 15 is 0 Å². The second kappa shape index (κ2) is 4.81. The molecule has 1 aromatic carbocycles. The number of hydrogen-bond acceptors (Lipinski definition) is 5. The molecule has 1 aromatic rings. The molecule has 1 unspecified atom stereocenters. The standard InChI is InChI=1S/C8H9O5PS/c1-6(14-10)7-2-4-8(5-3-7)15(11,12)13-9/h2-6,9H,1H3. The fraction of sp³-hybridized carbons (Fsp3) is 0.250. The van der Waals surface area contributed by atoms with Crippen LogP contribution in [0.4, 0.5) is 0 Å². The Balaban J connectivity index is 3.05. The zero-order valence-electron chi connectivity index (χ0n) is 7.82. The van der Waals surface area contributed by atoms with E-state index in [1.807, 2.05) is 0 Å². The SMILES string of the molecule is CC(P=O)c1ccc(S(=O)(=O)OO)cc1. The van der Waals surface area contributed by atoms with E-state index in [4.69, 9.17) is 5.26 Å². The molecular weight excluding hydrogens is 239 g/mol. The fourth-order valence-corrected chi connectivity index (χ4v) is 1.87. The summed E-state index contributed by atoms with van der Waals surface area (Å²) < 4.78 is 35.9. The van der Waals surface area contributed by atoms with Crippen molar-refractivity contribution in [3.63, 3.8) is 0 Å². The van der Waals surface area contributed by atoms with Gasteiger partial charge < -0.3 is 0 Å². The van der Waals surface area contributed by atoms with E-state index in [0.717, 1.165) is 5.56 Å². The minimum absolute atomic E-state index is 0.0352. The summed E-state index contributed by atoms with van der Waals surface area (Å²) in [5.41, 5.74) is 0.542. The first-order chi connectivity index (χ1) is 7.01. The van der Waals surface area contributed by atoms with Crippen LogP contribution in [0.1, 0.15) is 18.1 Å². The molecule has 0 amide bonds. The molecule has 0 aliphatic carbocycles. The quantitative estimate of drug-likeness (QED) is 0.502. The topological polar surface area (TPSA) is 80.7 Å². The summed E-state index contributed by atoms with van der Waals surface area (Å²) in [4.78, 5) is -0.150. The molecule has 0 bridgehead atoms. The van der Waals surface area contributed by atoms with E-state index in [2.05, 4.69) is 4.33 Å². The molecule has 1 atom stereocenters. The Morgan fingerprint density at radius 2 is 1.87 bits per heavy atom. The molecule has 0 fully saturated rings. The van der Waals surface area contributed by atoms with Crippen molar-refractivity contribution in [1.29, 1.82) is 0 Å². The predicted octanol–water partition coefficient (Wildman–Crippen LogP) is 2.22. The van der Waals surface area contributed by atoms with E-state index in [0.29, 0.717) is 0 Å². The van der Waals surface area contributed by atoms with Gasteiger partial charge in [0.1, 0.15) is 0 Å². The molecule has 1 rings (SSSR count). The summed E-state index contributed by atoms with van der Waals surface area (Å²) in [5.74, 6) is 0.